The Kier molecular flexibility index (Phi) is 12.3. The number of rotatable bonds is 9. The number of amides is 1. The SMILES string of the molecule is CC=C(C)C(=O)OC1(C)CC=C2CSSCC3C(CNC)CN3C(=O)Cc3cnc(N)cc3C2C12Cc1cc3cc(C4(C(CO)CCO)CCCCC4)c(=O)oc3cc1O2. The van der Waals surface area contributed by atoms with Crippen LogP contribution in [0.15, 0.2) is 63.0 Å². The van der Waals surface area contributed by atoms with Gasteiger partial charge in [-0.25, -0.2) is 14.6 Å². The molecule has 5 heterocycles. The highest BCUT2D eigenvalue weighted by Gasteiger charge is 2.64. The van der Waals surface area contributed by atoms with Crippen LogP contribution in [-0.2, 0) is 32.6 Å². The Bertz CT molecular complexity index is 2270. The fourth-order valence-electron chi connectivity index (χ4n) is 10.9. The Morgan fingerprint density at radius 2 is 1.95 bits per heavy atom. The number of nitrogens with one attached hydrogen (secondary N) is 1. The predicted octanol–water partition coefficient (Wildman–Crippen LogP) is 6.00. The summed E-state index contributed by atoms with van der Waals surface area (Å²) in [6, 6.07) is 7.73. The maximum Gasteiger partial charge on any atom is 0.340 e. The standard InChI is InChI=1S/C46H58N4O8S2/c1-5-27(2)42(54)58-44(3)13-9-28-25-59-60-26-36-32(21-48-4)23-50(36)40(53)17-31-22-49-39(47)18-34(31)41(28)46(44)20-30-15-29-16-35(43(55)56-37(29)19-38(30)57-46)45(11-7-6-8-12-45)33(24-52)10-14-51/h5,9,15-16,18-19,22,32-33,36,41,48,51-52H,6-8,10-14,17,20-21,23-26H2,1-4H3,(H2,47,49). The summed E-state index contributed by atoms with van der Waals surface area (Å²) in [5.41, 5.74) is 7.92. The number of anilines is 1. The normalized spacial score (nSPS) is 28.2. The largest absolute Gasteiger partial charge is 0.481 e. The van der Waals surface area contributed by atoms with Crippen LogP contribution in [0.4, 0.5) is 5.82 Å². The molecule has 1 saturated heterocycles. The highest BCUT2D eigenvalue weighted by molar-refractivity contribution is 8.76. The van der Waals surface area contributed by atoms with Crippen LogP contribution in [0.25, 0.3) is 11.0 Å². The second-order valence-corrected chi connectivity index (χ2v) is 20.2. The van der Waals surface area contributed by atoms with Crippen molar-refractivity contribution in [3.8, 4) is 5.75 Å². The van der Waals surface area contributed by atoms with Gasteiger partial charge in [-0.15, -0.1) is 0 Å². The molecular formula is C46H58N4O8S2. The number of fused-ring (bicyclic) bond motifs is 7. The number of hydrogen-bond donors (Lipinski definition) is 4. The van der Waals surface area contributed by atoms with Gasteiger partial charge in [0.2, 0.25) is 5.91 Å². The highest BCUT2D eigenvalue weighted by atomic mass is 33.1. The van der Waals surface area contributed by atoms with Crippen molar-refractivity contribution in [1.29, 1.82) is 0 Å². The van der Waals surface area contributed by atoms with E-state index in [-0.39, 0.29) is 37.5 Å². The number of nitrogens with two attached hydrogens (primary N) is 1. The minimum atomic E-state index is -1.21. The van der Waals surface area contributed by atoms with Gasteiger partial charge in [-0.05, 0) is 87.9 Å². The summed E-state index contributed by atoms with van der Waals surface area (Å²) in [7, 11) is 5.48. The second kappa shape index (κ2) is 17.2. The quantitative estimate of drug-likeness (QED) is 0.0649. The van der Waals surface area contributed by atoms with E-state index in [1.807, 2.05) is 44.0 Å². The lowest BCUT2D eigenvalue weighted by Gasteiger charge is -2.52. The van der Waals surface area contributed by atoms with Gasteiger partial charge >= 0.3 is 11.6 Å². The smallest absolute Gasteiger partial charge is 0.340 e. The molecule has 3 aromatic rings. The molecule has 2 aromatic heterocycles. The molecule has 1 spiro atoms. The number of ether oxygens (including phenoxy) is 2. The molecule has 1 saturated carbocycles. The number of pyridine rings is 1. The minimum Gasteiger partial charge on any atom is -0.481 e. The lowest BCUT2D eigenvalue weighted by atomic mass is 9.61. The number of aromatic nitrogens is 1. The van der Waals surface area contributed by atoms with Crippen molar-refractivity contribution in [2.75, 3.05) is 50.6 Å². The maximum absolute atomic E-state index is 14.2. The molecule has 1 amide bonds. The van der Waals surface area contributed by atoms with Crippen molar-refractivity contribution < 1.29 is 33.7 Å². The third kappa shape index (κ3) is 7.37. The van der Waals surface area contributed by atoms with Gasteiger partial charge in [0, 0.05) is 96.8 Å². The lowest BCUT2D eigenvalue weighted by molar-refractivity contribution is -0.183. The van der Waals surface area contributed by atoms with Crippen molar-refractivity contribution in [2.24, 2.45) is 11.8 Å². The number of aliphatic hydroxyl groups is 2. The number of nitrogens with zero attached hydrogens (tertiary/aromatic N) is 2. The summed E-state index contributed by atoms with van der Waals surface area (Å²) in [5, 5.41) is 24.6. The minimum absolute atomic E-state index is 0.0329. The van der Waals surface area contributed by atoms with E-state index in [2.05, 4.69) is 16.4 Å². The van der Waals surface area contributed by atoms with Crippen LogP contribution in [0.1, 0.15) is 93.9 Å². The van der Waals surface area contributed by atoms with E-state index in [0.717, 1.165) is 72.1 Å². The first-order valence-corrected chi connectivity index (χ1v) is 23.9. The molecule has 0 bridgehead atoms. The van der Waals surface area contributed by atoms with E-state index in [4.69, 9.17) is 19.6 Å². The molecule has 2 aliphatic carbocycles. The van der Waals surface area contributed by atoms with Gasteiger partial charge in [0.15, 0.2) is 11.2 Å². The number of benzene rings is 1. The lowest BCUT2D eigenvalue weighted by Crippen LogP contribution is -2.64. The van der Waals surface area contributed by atoms with Gasteiger partial charge in [-0.2, -0.15) is 0 Å². The van der Waals surface area contributed by atoms with Crippen LogP contribution < -0.4 is 21.4 Å². The monoisotopic (exact) mass is 858 g/mol. The van der Waals surface area contributed by atoms with Crippen LogP contribution in [0.3, 0.4) is 0 Å². The van der Waals surface area contributed by atoms with Crippen molar-refractivity contribution in [3.05, 3.63) is 86.4 Å². The van der Waals surface area contributed by atoms with Gasteiger partial charge in [0.05, 0.1) is 12.3 Å². The van der Waals surface area contributed by atoms with Gasteiger partial charge in [-0.1, -0.05) is 58.6 Å². The number of carbonyl (C=O) groups excluding carboxylic acids is 2. The Morgan fingerprint density at radius 3 is 2.68 bits per heavy atom. The van der Waals surface area contributed by atoms with Gasteiger partial charge < -0.3 is 40.1 Å². The molecule has 1 aromatic carbocycles. The highest BCUT2D eigenvalue weighted by Crippen LogP contribution is 2.58. The van der Waals surface area contributed by atoms with Crippen LogP contribution in [0.5, 0.6) is 5.75 Å². The number of carbonyl (C=O) groups is 2. The van der Waals surface area contributed by atoms with Crippen molar-refractivity contribution in [3.63, 3.8) is 0 Å². The van der Waals surface area contributed by atoms with Crippen LogP contribution >= 0.6 is 21.6 Å². The summed E-state index contributed by atoms with van der Waals surface area (Å²) in [5.74, 6) is 1.47. The molecule has 322 valence electrons. The summed E-state index contributed by atoms with van der Waals surface area (Å²) < 4.78 is 20.1. The maximum atomic E-state index is 14.2. The summed E-state index contributed by atoms with van der Waals surface area (Å²) in [6.07, 6.45) is 11.2. The molecule has 12 nitrogen and oxygen atoms in total. The number of aliphatic hydroxyl groups excluding tert-OH is 2. The molecule has 0 radical (unpaired) electrons. The predicted molar refractivity (Wildman–Crippen MR) is 236 cm³/mol. The molecule has 8 rings (SSSR count). The zero-order valence-corrected chi connectivity index (χ0v) is 36.7. The number of nitrogen functional groups attached to an aromatic ring is 1. The van der Waals surface area contributed by atoms with E-state index >= 15 is 0 Å². The van der Waals surface area contributed by atoms with Crippen molar-refractivity contribution in [2.45, 2.75) is 107 Å². The zero-order chi connectivity index (χ0) is 42.4. The Morgan fingerprint density at radius 1 is 1.15 bits per heavy atom. The summed E-state index contributed by atoms with van der Waals surface area (Å²) in [6.45, 7) is 6.80. The first-order valence-electron chi connectivity index (χ1n) is 21.4. The Labute approximate surface area is 359 Å². The van der Waals surface area contributed by atoms with Crippen LogP contribution in [0.2, 0.25) is 0 Å². The second-order valence-electron chi connectivity index (χ2n) is 17.7. The average molecular weight is 859 g/mol. The average Bonchev–Trinajstić information content (AvgIpc) is 3.60. The zero-order valence-electron chi connectivity index (χ0n) is 35.1. The molecular weight excluding hydrogens is 801 g/mol. The van der Waals surface area contributed by atoms with Gasteiger partial charge in [0.1, 0.15) is 17.2 Å². The van der Waals surface area contributed by atoms with E-state index in [1.54, 1.807) is 46.9 Å². The molecule has 5 N–H and O–H groups in total. The molecule has 2 fully saturated rings. The van der Waals surface area contributed by atoms with Crippen LogP contribution in [-0.4, -0.2) is 94.1 Å². The van der Waals surface area contributed by atoms with E-state index in [1.165, 1.54) is 0 Å². The molecule has 14 heteroatoms. The third-order valence-corrected chi connectivity index (χ3v) is 16.7. The molecule has 3 aliphatic heterocycles. The van der Waals surface area contributed by atoms with E-state index in [9.17, 15) is 24.6 Å². The number of hydrogen-bond acceptors (Lipinski definition) is 13. The summed E-state index contributed by atoms with van der Waals surface area (Å²) >= 11 is 0. The first-order chi connectivity index (χ1) is 28.9. The van der Waals surface area contributed by atoms with Crippen molar-refractivity contribution >= 4 is 50.3 Å². The fraction of sp³-hybridized carbons (Fsp3) is 0.565. The van der Waals surface area contributed by atoms with E-state index in [0.29, 0.717) is 65.8 Å². The van der Waals surface area contributed by atoms with Gasteiger partial charge in [-0.3, -0.25) is 4.79 Å². The molecule has 6 unspecified atom stereocenters. The Balaban J connectivity index is 1.27. The molecule has 6 atom stereocenters. The number of esters is 1. The van der Waals surface area contributed by atoms with Gasteiger partial charge in [0.25, 0.3) is 0 Å². The third-order valence-electron chi connectivity index (χ3n) is 14.4. The number of allylic oxidation sites excluding steroid dienone is 1. The van der Waals surface area contributed by atoms with E-state index < -0.39 is 34.1 Å². The Hall–Kier alpha value is -3.82. The first kappa shape index (κ1) is 42.9. The topological polar surface area (TPSA) is 177 Å². The summed E-state index contributed by atoms with van der Waals surface area (Å²) in [4.78, 5) is 48.6. The van der Waals surface area contributed by atoms with Crippen molar-refractivity contribution in [1.82, 2.24) is 15.2 Å². The fourth-order valence-corrected chi connectivity index (χ4v) is 13.5. The molecule has 5 aliphatic rings. The van der Waals surface area contributed by atoms with Crippen LogP contribution in [0, 0.1) is 11.8 Å². The molecule has 60 heavy (non-hydrogen) atoms.